The van der Waals surface area contributed by atoms with Gasteiger partial charge in [0.05, 0.1) is 28.4 Å². The molecule has 0 fully saturated rings. The van der Waals surface area contributed by atoms with Crippen molar-refractivity contribution in [2.45, 2.75) is 20.4 Å². The topological polar surface area (TPSA) is 107 Å². The number of aromatic nitrogens is 2. The Bertz CT molecular complexity index is 708. The number of ether oxygens (including phenoxy) is 1. The molecule has 0 unspecified atom stereocenters. The number of carboxylic acids is 1. The fourth-order valence-corrected chi connectivity index (χ4v) is 1.79. The van der Waals surface area contributed by atoms with Gasteiger partial charge in [-0.15, -0.1) is 0 Å². The molecule has 0 saturated carbocycles. The highest BCUT2D eigenvalue weighted by molar-refractivity contribution is 5.89. The first-order chi connectivity index (χ1) is 9.92. The van der Waals surface area contributed by atoms with Crippen LogP contribution in [0.25, 0.3) is 0 Å². The lowest BCUT2D eigenvalue weighted by Gasteiger charge is -2.08. The van der Waals surface area contributed by atoms with Gasteiger partial charge < -0.3 is 9.84 Å². The van der Waals surface area contributed by atoms with E-state index in [1.807, 2.05) is 6.92 Å². The van der Waals surface area contributed by atoms with Crippen LogP contribution in [0, 0.1) is 17.0 Å². The highest BCUT2D eigenvalue weighted by Crippen LogP contribution is 2.32. The molecule has 0 aliphatic carbocycles. The molecule has 2 aromatic rings. The summed E-state index contributed by atoms with van der Waals surface area (Å²) in [5.74, 6) is -0.749. The van der Waals surface area contributed by atoms with E-state index in [1.165, 1.54) is 19.2 Å². The summed E-state index contributed by atoms with van der Waals surface area (Å²) >= 11 is 0. The maximum Gasteiger partial charge on any atom is 0.336 e. The van der Waals surface area contributed by atoms with E-state index in [2.05, 4.69) is 5.10 Å². The zero-order valence-electron chi connectivity index (χ0n) is 11.4. The molecule has 1 N–H and O–H groups in total. The molecule has 0 aliphatic rings. The van der Waals surface area contributed by atoms with E-state index in [1.54, 1.807) is 10.9 Å². The van der Waals surface area contributed by atoms with Crippen molar-refractivity contribution in [2.24, 2.45) is 0 Å². The first-order valence-electron chi connectivity index (χ1n) is 6.15. The Morgan fingerprint density at radius 3 is 2.76 bits per heavy atom. The number of carbonyl (C=O) groups is 1. The van der Waals surface area contributed by atoms with Crippen LogP contribution in [-0.4, -0.2) is 25.8 Å². The third kappa shape index (κ3) is 2.99. The summed E-state index contributed by atoms with van der Waals surface area (Å²) in [4.78, 5) is 21.4. The average molecular weight is 291 g/mol. The van der Waals surface area contributed by atoms with Crippen LogP contribution in [0.4, 0.5) is 5.69 Å². The first-order valence-corrected chi connectivity index (χ1v) is 6.15. The van der Waals surface area contributed by atoms with Crippen LogP contribution in [0.15, 0.2) is 24.5 Å². The van der Waals surface area contributed by atoms with Crippen molar-refractivity contribution < 1.29 is 19.6 Å². The minimum Gasteiger partial charge on any atom is -0.478 e. The van der Waals surface area contributed by atoms with Gasteiger partial charge in [-0.25, -0.2) is 4.79 Å². The second kappa shape index (κ2) is 5.61. The minimum atomic E-state index is -1.26. The molecule has 2 rings (SSSR count). The molecule has 1 heterocycles. The molecule has 8 heteroatoms. The maximum absolute atomic E-state index is 11.0. The van der Waals surface area contributed by atoms with Crippen LogP contribution >= 0.6 is 0 Å². The van der Waals surface area contributed by atoms with Crippen molar-refractivity contribution in [3.8, 4) is 11.5 Å². The Morgan fingerprint density at radius 2 is 2.24 bits per heavy atom. The van der Waals surface area contributed by atoms with E-state index in [4.69, 9.17) is 9.84 Å². The van der Waals surface area contributed by atoms with Gasteiger partial charge in [0, 0.05) is 12.6 Å². The summed E-state index contributed by atoms with van der Waals surface area (Å²) in [5.41, 5.74) is -0.243. The molecule has 21 heavy (non-hydrogen) atoms. The van der Waals surface area contributed by atoms with Crippen molar-refractivity contribution >= 4 is 11.7 Å². The molecule has 8 nitrogen and oxygen atoms in total. The molecule has 0 aliphatic heterocycles. The Kier molecular flexibility index (Phi) is 3.88. The van der Waals surface area contributed by atoms with Crippen LogP contribution in [0.2, 0.25) is 0 Å². The Hall–Kier alpha value is -2.90. The van der Waals surface area contributed by atoms with Crippen molar-refractivity contribution in [2.75, 3.05) is 0 Å². The smallest absolute Gasteiger partial charge is 0.336 e. The average Bonchev–Trinajstić information content (AvgIpc) is 2.88. The highest BCUT2D eigenvalue weighted by Gasteiger charge is 2.20. The third-order valence-electron chi connectivity index (χ3n) is 2.94. The van der Waals surface area contributed by atoms with Crippen LogP contribution in [0.3, 0.4) is 0 Å². The predicted octanol–water partition coefficient (Wildman–Crippen LogP) is 2.61. The van der Waals surface area contributed by atoms with E-state index in [-0.39, 0.29) is 22.6 Å². The summed E-state index contributed by atoms with van der Waals surface area (Å²) in [5, 5.41) is 24.0. The summed E-state index contributed by atoms with van der Waals surface area (Å²) in [6.45, 7) is 4.05. The molecule has 1 aromatic carbocycles. The monoisotopic (exact) mass is 291 g/mol. The molecule has 1 aromatic heterocycles. The number of rotatable bonds is 5. The second-order valence-corrected chi connectivity index (χ2v) is 4.31. The molecule has 0 spiro atoms. The van der Waals surface area contributed by atoms with Gasteiger partial charge >= 0.3 is 5.97 Å². The highest BCUT2D eigenvalue weighted by atomic mass is 16.6. The largest absolute Gasteiger partial charge is 0.478 e. The number of hydrogen-bond acceptors (Lipinski definition) is 5. The van der Waals surface area contributed by atoms with Gasteiger partial charge in [0.25, 0.3) is 5.69 Å². The number of hydrogen-bond donors (Lipinski definition) is 1. The number of aryl methyl sites for hydroxylation is 1. The number of nitro benzene ring substituents is 1. The van der Waals surface area contributed by atoms with Gasteiger partial charge in [-0.3, -0.25) is 14.8 Å². The molecule has 0 radical (unpaired) electrons. The van der Waals surface area contributed by atoms with Crippen LogP contribution in [0.5, 0.6) is 11.5 Å². The molecule has 0 bridgehead atoms. The van der Waals surface area contributed by atoms with Crippen LogP contribution < -0.4 is 4.74 Å². The molecule has 0 saturated heterocycles. The predicted molar refractivity (Wildman–Crippen MR) is 72.8 cm³/mol. The van der Waals surface area contributed by atoms with Crippen molar-refractivity contribution in [3.63, 3.8) is 0 Å². The molecular formula is C13H13N3O5. The Morgan fingerprint density at radius 1 is 1.52 bits per heavy atom. The van der Waals surface area contributed by atoms with Gasteiger partial charge in [0.15, 0.2) is 5.75 Å². The third-order valence-corrected chi connectivity index (χ3v) is 2.94. The number of carboxylic acid groups (broad SMARTS) is 1. The summed E-state index contributed by atoms with van der Waals surface area (Å²) < 4.78 is 7.15. The normalized spacial score (nSPS) is 10.4. The summed E-state index contributed by atoms with van der Waals surface area (Å²) in [7, 11) is 0. The molecule has 0 amide bonds. The number of aromatic carboxylic acids is 1. The summed E-state index contributed by atoms with van der Waals surface area (Å²) in [6.07, 6.45) is 3.08. The quantitative estimate of drug-likeness (QED) is 0.670. The zero-order valence-corrected chi connectivity index (χ0v) is 11.4. The van der Waals surface area contributed by atoms with Crippen LogP contribution in [0.1, 0.15) is 22.8 Å². The fourth-order valence-electron chi connectivity index (χ4n) is 1.79. The molecule has 0 atom stereocenters. The Labute approximate surface area is 119 Å². The van der Waals surface area contributed by atoms with Gasteiger partial charge in [0.1, 0.15) is 5.75 Å². The van der Waals surface area contributed by atoms with Gasteiger partial charge in [-0.2, -0.15) is 5.10 Å². The lowest BCUT2D eigenvalue weighted by molar-refractivity contribution is -0.385. The van der Waals surface area contributed by atoms with Gasteiger partial charge in [0.2, 0.25) is 0 Å². The van der Waals surface area contributed by atoms with Crippen molar-refractivity contribution in [1.29, 1.82) is 0 Å². The van der Waals surface area contributed by atoms with E-state index in [0.717, 1.165) is 6.07 Å². The van der Waals surface area contributed by atoms with Crippen molar-refractivity contribution in [1.82, 2.24) is 9.78 Å². The number of nitrogens with zero attached hydrogens (tertiary/aromatic N) is 3. The van der Waals surface area contributed by atoms with E-state index in [0.29, 0.717) is 12.3 Å². The lowest BCUT2D eigenvalue weighted by Crippen LogP contribution is -2.02. The second-order valence-electron chi connectivity index (χ2n) is 4.31. The van der Waals surface area contributed by atoms with E-state index >= 15 is 0 Å². The van der Waals surface area contributed by atoms with E-state index in [9.17, 15) is 14.9 Å². The molecule has 110 valence electrons. The number of nitro groups is 1. The SMILES string of the molecule is CCn1cc(Oc2cc(C(=O)O)cc([N+](=O)[O-])c2C)cn1. The lowest BCUT2D eigenvalue weighted by atomic mass is 10.1. The van der Waals surface area contributed by atoms with Gasteiger partial charge in [-0.05, 0) is 19.9 Å². The van der Waals surface area contributed by atoms with Crippen molar-refractivity contribution in [3.05, 3.63) is 45.8 Å². The minimum absolute atomic E-state index is 0.122. The Balaban J connectivity index is 2.46. The number of benzene rings is 1. The fraction of sp³-hybridized carbons (Fsp3) is 0.231. The van der Waals surface area contributed by atoms with Crippen LogP contribution in [-0.2, 0) is 6.54 Å². The summed E-state index contributed by atoms with van der Waals surface area (Å²) in [6, 6.07) is 2.27. The zero-order chi connectivity index (χ0) is 15.6. The molecular weight excluding hydrogens is 278 g/mol. The standard InChI is InChI=1S/C13H13N3O5/c1-3-15-7-10(6-14-15)21-12-5-9(13(17)18)4-11(8(12)2)16(19)20/h4-7H,3H2,1-2H3,(H,17,18). The maximum atomic E-state index is 11.0. The first kappa shape index (κ1) is 14.5. The van der Waals surface area contributed by atoms with E-state index < -0.39 is 10.9 Å². The van der Waals surface area contributed by atoms with Gasteiger partial charge in [-0.1, -0.05) is 0 Å².